The van der Waals surface area contributed by atoms with Gasteiger partial charge in [-0.15, -0.1) is 0 Å². The van der Waals surface area contributed by atoms with E-state index in [0.717, 1.165) is 5.56 Å². The van der Waals surface area contributed by atoms with E-state index in [2.05, 4.69) is 43.3 Å². The summed E-state index contributed by atoms with van der Waals surface area (Å²) in [4.78, 5) is 14.2. The van der Waals surface area contributed by atoms with E-state index in [1.165, 1.54) is 33.4 Å². The molecule has 0 unspecified atom stereocenters. The number of rotatable bonds is 2. The molecule has 1 amide bonds. The first-order valence-corrected chi connectivity index (χ1v) is 8.16. The van der Waals surface area contributed by atoms with Crippen LogP contribution in [0.25, 0.3) is 17.2 Å². The van der Waals surface area contributed by atoms with Crippen LogP contribution in [0.4, 0.5) is 0 Å². The van der Waals surface area contributed by atoms with Gasteiger partial charge in [-0.05, 0) is 29.7 Å². The van der Waals surface area contributed by atoms with Gasteiger partial charge in [0.15, 0.2) is 0 Å². The fourth-order valence-corrected chi connectivity index (χ4v) is 3.39. The lowest BCUT2D eigenvalue weighted by Crippen LogP contribution is -2.22. The lowest BCUT2D eigenvalue weighted by Gasteiger charge is -2.04. The number of aryl methyl sites for hydroxylation is 1. The number of likely N-dealkylation sites (N-methyl/N-ethyl adjacent to an activating group) is 1. The second-order valence-electron chi connectivity index (χ2n) is 5.23. The molecule has 1 saturated heterocycles. The summed E-state index contributed by atoms with van der Waals surface area (Å²) in [6.07, 6.45) is 1.89. The molecule has 1 fully saturated rings. The van der Waals surface area contributed by atoms with Crippen molar-refractivity contribution in [2.45, 2.75) is 6.92 Å². The van der Waals surface area contributed by atoms with Crippen LogP contribution in [0.1, 0.15) is 11.1 Å². The van der Waals surface area contributed by atoms with Gasteiger partial charge in [0.05, 0.1) is 4.91 Å². The Morgan fingerprint density at radius 3 is 2.05 bits per heavy atom. The van der Waals surface area contributed by atoms with E-state index in [-0.39, 0.29) is 5.91 Å². The Labute approximate surface area is 139 Å². The van der Waals surface area contributed by atoms with Crippen LogP contribution in [0, 0.1) is 6.92 Å². The first-order valence-electron chi connectivity index (χ1n) is 6.93. The average molecular weight is 325 g/mol. The van der Waals surface area contributed by atoms with Gasteiger partial charge >= 0.3 is 0 Å². The van der Waals surface area contributed by atoms with Crippen molar-refractivity contribution in [3.05, 3.63) is 64.6 Å². The maximum absolute atomic E-state index is 12.0. The maximum Gasteiger partial charge on any atom is 0.265 e. The Kier molecular flexibility index (Phi) is 4.14. The first kappa shape index (κ1) is 15.0. The lowest BCUT2D eigenvalue weighted by atomic mass is 10.0. The van der Waals surface area contributed by atoms with Crippen molar-refractivity contribution in [1.82, 2.24) is 4.90 Å². The molecule has 4 heteroatoms. The van der Waals surface area contributed by atoms with Crippen LogP contribution >= 0.6 is 24.0 Å². The van der Waals surface area contributed by atoms with E-state index in [0.29, 0.717) is 9.23 Å². The molecule has 2 nitrogen and oxygen atoms in total. The molecule has 0 aromatic heterocycles. The molecule has 3 rings (SSSR count). The van der Waals surface area contributed by atoms with Gasteiger partial charge in [0.1, 0.15) is 4.32 Å². The molecule has 0 radical (unpaired) electrons. The normalized spacial score (nSPS) is 16.6. The second-order valence-corrected chi connectivity index (χ2v) is 6.90. The number of carbonyl (C=O) groups is 1. The molecule has 1 heterocycles. The monoisotopic (exact) mass is 325 g/mol. The molecule has 0 atom stereocenters. The van der Waals surface area contributed by atoms with Gasteiger partial charge in [-0.2, -0.15) is 0 Å². The zero-order valence-electron chi connectivity index (χ0n) is 12.4. The van der Waals surface area contributed by atoms with E-state index < -0.39 is 0 Å². The van der Waals surface area contributed by atoms with Crippen molar-refractivity contribution in [2.75, 3.05) is 7.05 Å². The lowest BCUT2D eigenvalue weighted by molar-refractivity contribution is -0.121. The highest BCUT2D eigenvalue weighted by molar-refractivity contribution is 8.26. The highest BCUT2D eigenvalue weighted by atomic mass is 32.2. The van der Waals surface area contributed by atoms with Crippen molar-refractivity contribution >= 4 is 40.3 Å². The first-order chi connectivity index (χ1) is 10.5. The van der Waals surface area contributed by atoms with Gasteiger partial charge in [0.25, 0.3) is 5.91 Å². The van der Waals surface area contributed by atoms with Gasteiger partial charge in [-0.1, -0.05) is 78.1 Å². The Bertz CT molecular complexity index is 761. The third-order valence-electron chi connectivity index (χ3n) is 3.58. The molecule has 1 aliphatic rings. The summed E-state index contributed by atoms with van der Waals surface area (Å²) in [7, 11) is 1.71. The van der Waals surface area contributed by atoms with Gasteiger partial charge in [-0.3, -0.25) is 9.69 Å². The van der Waals surface area contributed by atoms with E-state index >= 15 is 0 Å². The van der Waals surface area contributed by atoms with Crippen molar-refractivity contribution in [3.8, 4) is 11.1 Å². The third kappa shape index (κ3) is 2.98. The molecule has 0 N–H and O–H groups in total. The smallest absolute Gasteiger partial charge is 0.265 e. The van der Waals surface area contributed by atoms with Crippen LogP contribution in [0.5, 0.6) is 0 Å². The van der Waals surface area contributed by atoms with E-state index in [1.54, 1.807) is 7.05 Å². The van der Waals surface area contributed by atoms with Crippen LogP contribution in [-0.4, -0.2) is 22.2 Å². The summed E-state index contributed by atoms with van der Waals surface area (Å²) in [5, 5.41) is 0. The van der Waals surface area contributed by atoms with Crippen LogP contribution in [0.3, 0.4) is 0 Å². The van der Waals surface area contributed by atoms with E-state index in [1.807, 2.05) is 18.2 Å². The molecular weight excluding hydrogens is 310 g/mol. The van der Waals surface area contributed by atoms with Crippen molar-refractivity contribution in [3.63, 3.8) is 0 Å². The van der Waals surface area contributed by atoms with Gasteiger partial charge in [-0.25, -0.2) is 0 Å². The van der Waals surface area contributed by atoms with Crippen molar-refractivity contribution in [2.24, 2.45) is 0 Å². The van der Waals surface area contributed by atoms with Crippen LogP contribution < -0.4 is 0 Å². The van der Waals surface area contributed by atoms with E-state index in [4.69, 9.17) is 12.2 Å². The van der Waals surface area contributed by atoms with Crippen LogP contribution in [0.2, 0.25) is 0 Å². The molecular formula is C18H15NOS2. The number of amides is 1. The molecule has 0 aliphatic carbocycles. The fraction of sp³-hybridized carbons (Fsp3) is 0.111. The fourth-order valence-electron chi connectivity index (χ4n) is 2.21. The molecule has 0 bridgehead atoms. The topological polar surface area (TPSA) is 20.3 Å². The zero-order valence-corrected chi connectivity index (χ0v) is 14.0. The summed E-state index contributed by atoms with van der Waals surface area (Å²) < 4.78 is 0.604. The Morgan fingerprint density at radius 1 is 1.00 bits per heavy atom. The Morgan fingerprint density at radius 2 is 1.55 bits per heavy atom. The highest BCUT2D eigenvalue weighted by Gasteiger charge is 2.28. The maximum atomic E-state index is 12.0. The average Bonchev–Trinajstić information content (AvgIpc) is 2.76. The summed E-state index contributed by atoms with van der Waals surface area (Å²) in [5.41, 5.74) is 4.61. The Balaban J connectivity index is 1.85. The summed E-state index contributed by atoms with van der Waals surface area (Å²) in [6.45, 7) is 2.08. The number of hydrogen-bond acceptors (Lipinski definition) is 3. The quantitative estimate of drug-likeness (QED) is 0.599. The molecule has 110 valence electrons. The minimum Gasteiger partial charge on any atom is -0.296 e. The molecule has 22 heavy (non-hydrogen) atoms. The number of nitrogens with zero attached hydrogens (tertiary/aromatic N) is 1. The molecule has 2 aromatic rings. The van der Waals surface area contributed by atoms with Crippen molar-refractivity contribution in [1.29, 1.82) is 0 Å². The van der Waals surface area contributed by atoms with Gasteiger partial charge < -0.3 is 0 Å². The van der Waals surface area contributed by atoms with Crippen LogP contribution in [0.15, 0.2) is 53.4 Å². The SMILES string of the molecule is Cc1ccc(-c2ccc(/C=C3\SC(=S)N(C)C3=O)cc2)cc1. The minimum atomic E-state index is -0.0300. The Hall–Kier alpha value is -1.91. The number of carbonyl (C=O) groups excluding carboxylic acids is 1. The number of thioether (sulfide) groups is 1. The highest BCUT2D eigenvalue weighted by Crippen LogP contribution is 2.31. The van der Waals surface area contributed by atoms with E-state index in [9.17, 15) is 4.79 Å². The third-order valence-corrected chi connectivity index (χ3v) is 5.06. The zero-order chi connectivity index (χ0) is 15.7. The number of benzene rings is 2. The van der Waals surface area contributed by atoms with Crippen LogP contribution in [-0.2, 0) is 4.79 Å². The second kappa shape index (κ2) is 6.07. The summed E-state index contributed by atoms with van der Waals surface area (Å²) in [5.74, 6) is -0.0300. The largest absolute Gasteiger partial charge is 0.296 e. The summed E-state index contributed by atoms with van der Waals surface area (Å²) >= 11 is 6.48. The minimum absolute atomic E-state index is 0.0300. The molecule has 1 aliphatic heterocycles. The number of thiocarbonyl (C=S) groups is 1. The predicted octanol–water partition coefficient (Wildman–Crippen LogP) is 4.49. The van der Waals surface area contributed by atoms with Gasteiger partial charge in [0, 0.05) is 7.05 Å². The molecule has 0 spiro atoms. The number of hydrogen-bond donors (Lipinski definition) is 0. The molecule has 0 saturated carbocycles. The predicted molar refractivity (Wildman–Crippen MR) is 97.6 cm³/mol. The summed E-state index contributed by atoms with van der Waals surface area (Å²) in [6, 6.07) is 16.6. The van der Waals surface area contributed by atoms with Gasteiger partial charge in [0.2, 0.25) is 0 Å². The molecule has 2 aromatic carbocycles. The van der Waals surface area contributed by atoms with Crippen molar-refractivity contribution < 1.29 is 4.79 Å². The standard InChI is InChI=1S/C18H15NOS2/c1-12-3-7-14(8-4-12)15-9-5-13(6-10-15)11-16-17(20)19(2)18(21)22-16/h3-11H,1-2H3/b16-11-.